The van der Waals surface area contributed by atoms with Crippen molar-refractivity contribution in [3.8, 4) is 0 Å². The van der Waals surface area contributed by atoms with E-state index in [1.54, 1.807) is 0 Å². The Morgan fingerprint density at radius 1 is 1.44 bits per heavy atom. The van der Waals surface area contributed by atoms with Crippen molar-refractivity contribution >= 4 is 14.9 Å². The molecule has 0 aromatic heterocycles. The highest BCUT2D eigenvalue weighted by Crippen LogP contribution is 2.31. The van der Waals surface area contributed by atoms with Crippen molar-refractivity contribution in [2.45, 2.75) is 46.9 Å². The molecule has 1 amide bonds. The molecule has 0 bridgehead atoms. The second kappa shape index (κ2) is 4.71. The zero-order valence-corrected chi connectivity index (χ0v) is 12.3. The minimum absolute atomic E-state index is 0.0459. The standard InChI is InChI=1S/C12H23NO2Si/c1-8(9-7-13-11(9)14)10(12(2,3)4)15-16(5)6/h10,16H,7H2,1-6H3,(H,13,14). The fourth-order valence-corrected chi connectivity index (χ4v) is 3.11. The summed E-state index contributed by atoms with van der Waals surface area (Å²) in [4.78, 5) is 11.4. The van der Waals surface area contributed by atoms with Crippen LogP contribution in [0.1, 0.15) is 27.7 Å². The highest BCUT2D eigenvalue weighted by atomic mass is 28.3. The van der Waals surface area contributed by atoms with Gasteiger partial charge in [0.15, 0.2) is 9.04 Å². The smallest absolute Gasteiger partial charge is 0.249 e. The minimum atomic E-state index is -1.10. The summed E-state index contributed by atoms with van der Waals surface area (Å²) >= 11 is 0. The lowest BCUT2D eigenvalue weighted by molar-refractivity contribution is -0.120. The van der Waals surface area contributed by atoms with Crippen molar-refractivity contribution in [2.24, 2.45) is 5.41 Å². The molecule has 3 nitrogen and oxygen atoms in total. The summed E-state index contributed by atoms with van der Waals surface area (Å²) in [7, 11) is -1.10. The Bertz CT molecular complexity index is 315. The normalized spacial score (nSPS) is 21.6. The SMILES string of the molecule is CC(=C1CNC1=O)C(O[SiH](C)C)C(C)(C)C. The van der Waals surface area contributed by atoms with Gasteiger partial charge in [-0.05, 0) is 31.0 Å². The predicted octanol–water partition coefficient (Wildman–Crippen LogP) is 1.85. The van der Waals surface area contributed by atoms with Gasteiger partial charge in [0, 0.05) is 12.1 Å². The second-order valence-corrected chi connectivity index (χ2v) is 8.14. The van der Waals surface area contributed by atoms with Crippen LogP contribution >= 0.6 is 0 Å². The first-order valence-corrected chi connectivity index (χ1v) is 8.65. The molecule has 4 heteroatoms. The average molecular weight is 241 g/mol. The molecule has 1 unspecified atom stereocenters. The van der Waals surface area contributed by atoms with Gasteiger partial charge in [-0.1, -0.05) is 20.8 Å². The predicted molar refractivity (Wildman–Crippen MR) is 68.9 cm³/mol. The summed E-state index contributed by atoms with van der Waals surface area (Å²) in [6.45, 7) is 13.5. The number of rotatable bonds is 3. The topological polar surface area (TPSA) is 38.3 Å². The average Bonchev–Trinajstić information content (AvgIpc) is 2.09. The molecule has 0 aliphatic carbocycles. The van der Waals surface area contributed by atoms with Crippen LogP contribution in [0.5, 0.6) is 0 Å². The van der Waals surface area contributed by atoms with E-state index in [4.69, 9.17) is 4.43 Å². The zero-order chi connectivity index (χ0) is 12.5. The fraction of sp³-hybridized carbons (Fsp3) is 0.750. The second-order valence-electron chi connectivity index (χ2n) is 5.78. The molecule has 1 N–H and O–H groups in total. The number of hydrogen-bond donors (Lipinski definition) is 1. The van der Waals surface area contributed by atoms with E-state index in [1.807, 2.05) is 6.92 Å². The van der Waals surface area contributed by atoms with Crippen molar-refractivity contribution in [1.29, 1.82) is 0 Å². The maximum atomic E-state index is 11.4. The van der Waals surface area contributed by atoms with E-state index < -0.39 is 9.04 Å². The molecule has 92 valence electrons. The minimum Gasteiger partial charge on any atom is -0.413 e. The van der Waals surface area contributed by atoms with Crippen LogP contribution in [0.2, 0.25) is 13.1 Å². The largest absolute Gasteiger partial charge is 0.413 e. The first kappa shape index (κ1) is 13.5. The summed E-state index contributed by atoms with van der Waals surface area (Å²) in [6.07, 6.45) is 0.0696. The molecule has 0 saturated carbocycles. The third kappa shape index (κ3) is 2.95. The summed E-state index contributed by atoms with van der Waals surface area (Å²) in [5.41, 5.74) is 2.07. The Morgan fingerprint density at radius 2 is 2.00 bits per heavy atom. The fourth-order valence-electron chi connectivity index (χ4n) is 1.95. The Hall–Kier alpha value is -0.613. The number of amides is 1. The van der Waals surface area contributed by atoms with Crippen LogP contribution in [0, 0.1) is 5.41 Å². The molecule has 1 saturated heterocycles. The number of hydrogen-bond acceptors (Lipinski definition) is 2. The van der Waals surface area contributed by atoms with Crippen LogP contribution < -0.4 is 5.32 Å². The van der Waals surface area contributed by atoms with E-state index in [1.165, 1.54) is 0 Å². The van der Waals surface area contributed by atoms with Gasteiger partial charge in [0.05, 0.1) is 6.10 Å². The molecule has 1 heterocycles. The van der Waals surface area contributed by atoms with Gasteiger partial charge in [-0.25, -0.2) is 0 Å². The third-order valence-corrected chi connectivity index (χ3v) is 3.58. The molecular formula is C12H23NO2Si. The number of carbonyl (C=O) groups excluding carboxylic acids is 1. The van der Waals surface area contributed by atoms with E-state index in [9.17, 15) is 4.79 Å². The van der Waals surface area contributed by atoms with Gasteiger partial charge in [-0.3, -0.25) is 4.79 Å². The summed E-state index contributed by atoms with van der Waals surface area (Å²) < 4.78 is 6.08. The zero-order valence-electron chi connectivity index (χ0n) is 11.2. The van der Waals surface area contributed by atoms with Crippen LogP contribution in [0.15, 0.2) is 11.1 Å². The lowest BCUT2D eigenvalue weighted by atomic mass is 9.82. The van der Waals surface area contributed by atoms with Gasteiger partial charge in [0.1, 0.15) is 0 Å². The maximum Gasteiger partial charge on any atom is 0.249 e. The van der Waals surface area contributed by atoms with Crippen molar-refractivity contribution in [2.75, 3.05) is 6.54 Å². The Kier molecular flexibility index (Phi) is 3.96. The van der Waals surface area contributed by atoms with Gasteiger partial charge >= 0.3 is 0 Å². The quantitative estimate of drug-likeness (QED) is 0.465. The first-order valence-electron chi connectivity index (χ1n) is 5.86. The van der Waals surface area contributed by atoms with Gasteiger partial charge in [-0.2, -0.15) is 0 Å². The molecule has 0 aromatic rings. The highest BCUT2D eigenvalue weighted by molar-refractivity contribution is 6.48. The van der Waals surface area contributed by atoms with E-state index in [-0.39, 0.29) is 17.4 Å². The highest BCUT2D eigenvalue weighted by Gasteiger charge is 2.33. The lowest BCUT2D eigenvalue weighted by Crippen LogP contribution is -2.45. The van der Waals surface area contributed by atoms with E-state index >= 15 is 0 Å². The van der Waals surface area contributed by atoms with Gasteiger partial charge in [-0.15, -0.1) is 0 Å². The van der Waals surface area contributed by atoms with Crippen LogP contribution in [-0.4, -0.2) is 27.6 Å². The van der Waals surface area contributed by atoms with Crippen LogP contribution in [0.4, 0.5) is 0 Å². The molecule has 0 aromatic carbocycles. The van der Waals surface area contributed by atoms with Crippen LogP contribution in [-0.2, 0) is 9.22 Å². The van der Waals surface area contributed by atoms with E-state index in [0.717, 1.165) is 11.1 Å². The monoisotopic (exact) mass is 241 g/mol. The van der Waals surface area contributed by atoms with Crippen molar-refractivity contribution in [3.63, 3.8) is 0 Å². The molecule has 1 aliphatic rings. The van der Waals surface area contributed by atoms with E-state index in [0.29, 0.717) is 6.54 Å². The molecule has 1 rings (SSSR count). The number of nitrogens with one attached hydrogen (secondary N) is 1. The van der Waals surface area contributed by atoms with Crippen molar-refractivity contribution in [1.82, 2.24) is 5.32 Å². The van der Waals surface area contributed by atoms with Gasteiger partial charge < -0.3 is 9.74 Å². The summed E-state index contributed by atoms with van der Waals surface area (Å²) in [6, 6.07) is 0. The Morgan fingerprint density at radius 3 is 2.25 bits per heavy atom. The Labute approximate surface area is 100.0 Å². The number of carbonyl (C=O) groups is 1. The van der Waals surface area contributed by atoms with Crippen molar-refractivity contribution < 1.29 is 9.22 Å². The molecule has 0 radical (unpaired) electrons. The summed E-state index contributed by atoms with van der Waals surface area (Å²) in [5.74, 6) is 0.0702. The molecule has 16 heavy (non-hydrogen) atoms. The Balaban J connectivity index is 2.93. The molecule has 1 aliphatic heterocycles. The number of β-lactam (4-membered cyclic amide) rings is 1. The van der Waals surface area contributed by atoms with Crippen LogP contribution in [0.3, 0.4) is 0 Å². The van der Waals surface area contributed by atoms with Gasteiger partial charge in [0.25, 0.3) is 0 Å². The van der Waals surface area contributed by atoms with Crippen molar-refractivity contribution in [3.05, 3.63) is 11.1 Å². The lowest BCUT2D eigenvalue weighted by Gasteiger charge is -2.36. The van der Waals surface area contributed by atoms with E-state index in [2.05, 4.69) is 39.2 Å². The molecular weight excluding hydrogens is 218 g/mol. The maximum absolute atomic E-state index is 11.4. The first-order chi connectivity index (χ1) is 7.23. The molecule has 0 spiro atoms. The van der Waals surface area contributed by atoms with Gasteiger partial charge in [0.2, 0.25) is 5.91 Å². The third-order valence-electron chi connectivity index (χ3n) is 2.76. The molecule has 1 fully saturated rings. The summed E-state index contributed by atoms with van der Waals surface area (Å²) in [5, 5.41) is 2.76. The molecule has 1 atom stereocenters. The van der Waals surface area contributed by atoms with Crippen LogP contribution in [0.25, 0.3) is 0 Å².